The van der Waals surface area contributed by atoms with Crippen LogP contribution in [0.5, 0.6) is 0 Å². The summed E-state index contributed by atoms with van der Waals surface area (Å²) in [6, 6.07) is 0. The molecule has 0 bridgehead atoms. The third-order valence-corrected chi connectivity index (χ3v) is 12.4. The molecule has 0 aromatic carbocycles. The zero-order valence-corrected chi connectivity index (χ0v) is 24.1. The first-order valence-corrected chi connectivity index (χ1v) is 15.4. The number of hydrogen-bond donors (Lipinski definition) is 2. The van der Waals surface area contributed by atoms with Crippen LogP contribution in [0.25, 0.3) is 0 Å². The highest BCUT2D eigenvalue weighted by Gasteiger charge is 2.70. The van der Waals surface area contributed by atoms with Crippen molar-refractivity contribution in [2.75, 3.05) is 6.61 Å². The van der Waals surface area contributed by atoms with Gasteiger partial charge in [0, 0.05) is 30.3 Å². The van der Waals surface area contributed by atoms with E-state index in [1.165, 1.54) is 6.92 Å². The van der Waals surface area contributed by atoms with Gasteiger partial charge in [-0.1, -0.05) is 6.92 Å². The molecule has 2 N–H and O–H groups in total. The summed E-state index contributed by atoms with van der Waals surface area (Å²) in [4.78, 5) is 37.0. The molecule has 4 aliphatic carbocycles. The molecule has 2 unspecified atom stereocenters. The summed E-state index contributed by atoms with van der Waals surface area (Å²) < 4.78 is 29.4. The molecule has 3 aliphatic heterocycles. The predicted octanol–water partition coefficient (Wildman–Crippen LogP) is 2.57. The molecule has 41 heavy (non-hydrogen) atoms. The summed E-state index contributed by atoms with van der Waals surface area (Å²) in [5.74, 6) is -2.75. The van der Waals surface area contributed by atoms with Gasteiger partial charge < -0.3 is 38.7 Å². The van der Waals surface area contributed by atoms with Crippen molar-refractivity contribution in [3.05, 3.63) is 11.6 Å². The van der Waals surface area contributed by atoms with Crippen LogP contribution in [0, 0.1) is 34.5 Å². The molecule has 0 spiro atoms. The molecule has 7 rings (SSSR count). The van der Waals surface area contributed by atoms with E-state index in [1.807, 2.05) is 6.92 Å². The van der Waals surface area contributed by atoms with Gasteiger partial charge in [-0.15, -0.1) is 0 Å². The molecule has 7 aliphatic rings. The Labute approximate surface area is 240 Å². The lowest BCUT2D eigenvalue weighted by Crippen LogP contribution is -2.71. The van der Waals surface area contributed by atoms with Gasteiger partial charge in [0.15, 0.2) is 6.10 Å². The number of esters is 2. The largest absolute Gasteiger partial charge is 0.458 e. The minimum absolute atomic E-state index is 0.0326. The van der Waals surface area contributed by atoms with Crippen molar-refractivity contribution in [1.29, 1.82) is 0 Å². The van der Waals surface area contributed by atoms with E-state index in [-0.39, 0.29) is 48.3 Å². The Morgan fingerprint density at radius 2 is 1.88 bits per heavy atom. The number of carbonyl (C=O) groups is 3. The highest BCUT2D eigenvalue weighted by molar-refractivity contribution is 5.85. The van der Waals surface area contributed by atoms with E-state index in [0.29, 0.717) is 25.9 Å². The van der Waals surface area contributed by atoms with E-state index in [2.05, 4.69) is 6.92 Å². The molecule has 226 valence electrons. The van der Waals surface area contributed by atoms with Crippen molar-refractivity contribution in [1.82, 2.24) is 0 Å². The molecule has 2 saturated heterocycles. The molecule has 0 aromatic heterocycles. The molecule has 10 heteroatoms. The number of carbonyl (C=O) groups excluding carboxylic acids is 3. The molecule has 13 atom stereocenters. The first-order valence-electron chi connectivity index (χ1n) is 15.4. The summed E-state index contributed by atoms with van der Waals surface area (Å²) in [6.07, 6.45) is 5.24. The van der Waals surface area contributed by atoms with Crippen LogP contribution in [0.4, 0.5) is 0 Å². The van der Waals surface area contributed by atoms with Gasteiger partial charge in [-0.3, -0.25) is 4.79 Å². The van der Waals surface area contributed by atoms with E-state index in [0.717, 1.165) is 44.0 Å². The molecule has 0 amide bonds. The quantitative estimate of drug-likeness (QED) is 0.294. The lowest BCUT2D eigenvalue weighted by atomic mass is 9.42. The van der Waals surface area contributed by atoms with Crippen LogP contribution in [0.3, 0.4) is 0 Å². The molecule has 4 saturated carbocycles. The minimum atomic E-state index is -1.97. The van der Waals surface area contributed by atoms with E-state index >= 15 is 0 Å². The summed E-state index contributed by atoms with van der Waals surface area (Å²) >= 11 is 0. The second kappa shape index (κ2) is 9.32. The third kappa shape index (κ3) is 3.83. The Kier molecular flexibility index (Phi) is 6.36. The predicted molar refractivity (Wildman–Crippen MR) is 141 cm³/mol. The van der Waals surface area contributed by atoms with E-state index in [1.54, 1.807) is 6.08 Å². The fourth-order valence-electron chi connectivity index (χ4n) is 10.5. The summed E-state index contributed by atoms with van der Waals surface area (Å²) in [6.45, 7) is 5.59. The second-order valence-corrected chi connectivity index (χ2v) is 14.2. The summed E-state index contributed by atoms with van der Waals surface area (Å²) in [7, 11) is 0. The molecular weight excluding hydrogens is 532 g/mol. The second-order valence-electron chi connectivity index (χ2n) is 14.2. The number of cyclic esters (lactones) is 1. The highest BCUT2D eigenvalue weighted by atomic mass is 16.8. The molecule has 3 heterocycles. The van der Waals surface area contributed by atoms with Crippen LogP contribution in [0.1, 0.15) is 78.6 Å². The lowest BCUT2D eigenvalue weighted by molar-refractivity contribution is -0.457. The Hall–Kier alpha value is -1.85. The van der Waals surface area contributed by atoms with Gasteiger partial charge in [-0.2, -0.15) is 0 Å². The number of ether oxygens (including phenoxy) is 5. The maximum atomic E-state index is 13.2. The summed E-state index contributed by atoms with van der Waals surface area (Å²) in [5.41, 5.74) is -1.10. The van der Waals surface area contributed by atoms with Crippen molar-refractivity contribution in [2.24, 2.45) is 34.5 Å². The van der Waals surface area contributed by atoms with Gasteiger partial charge in [0.25, 0.3) is 5.79 Å². The first kappa shape index (κ1) is 28.0. The van der Waals surface area contributed by atoms with Crippen LogP contribution in [-0.2, 0) is 38.1 Å². The maximum absolute atomic E-state index is 13.2. The highest BCUT2D eigenvalue weighted by Crippen LogP contribution is 2.70. The fourth-order valence-corrected chi connectivity index (χ4v) is 10.5. The SMILES string of the molecule is CC(=O)O[C@@H]1C[C@H](C)O[C@@H]2O[C@H]3CC4CC[C@H]5C(CC[C@@]6(C)[C@H](C7=CC(=O)OC7)CC[C@@]56O)[C@]4(C=O)C[C@@H]3O[C@@]21O. The van der Waals surface area contributed by atoms with Gasteiger partial charge in [0.05, 0.1) is 23.9 Å². The summed E-state index contributed by atoms with van der Waals surface area (Å²) in [5, 5.41) is 24.2. The monoisotopic (exact) mass is 574 g/mol. The smallest absolute Gasteiger partial charge is 0.331 e. The van der Waals surface area contributed by atoms with Gasteiger partial charge in [0.1, 0.15) is 12.9 Å². The normalized spacial score (nSPS) is 53.9. The van der Waals surface area contributed by atoms with Crippen LogP contribution in [0.15, 0.2) is 11.6 Å². The van der Waals surface area contributed by atoms with E-state index in [9.17, 15) is 24.6 Å². The van der Waals surface area contributed by atoms with Crippen LogP contribution in [-0.4, -0.2) is 77.1 Å². The van der Waals surface area contributed by atoms with Crippen molar-refractivity contribution in [3.63, 3.8) is 0 Å². The molecule has 6 fully saturated rings. The lowest BCUT2D eigenvalue weighted by Gasteiger charge is -2.64. The number of aliphatic hydroxyl groups is 2. The number of hydrogen-bond acceptors (Lipinski definition) is 10. The average molecular weight is 575 g/mol. The van der Waals surface area contributed by atoms with Crippen molar-refractivity contribution in [2.45, 2.75) is 121 Å². The first-order chi connectivity index (χ1) is 19.4. The standard InChI is InChI=1S/C31H42O10/c1-16-10-25(39-17(2)33)31(36)27(38-16)40-23-12-19-4-5-22-21(29(19,15-32)13-24(23)41-31)6-8-28(3)20(7-9-30(22,28)35)18-11-26(34)37-14-18/h11,15-16,19-25,27,35-36H,4-10,12-14H2,1-3H3/t16-,19?,20-,21?,22-,23-,24-,25+,27+,28-,29-,30+,31+/m0/s1. The Morgan fingerprint density at radius 1 is 1.07 bits per heavy atom. The van der Waals surface area contributed by atoms with Crippen molar-refractivity contribution < 1.29 is 48.3 Å². The Morgan fingerprint density at radius 3 is 2.59 bits per heavy atom. The van der Waals surface area contributed by atoms with Crippen molar-refractivity contribution >= 4 is 18.2 Å². The topological polar surface area (TPSA) is 138 Å². The van der Waals surface area contributed by atoms with Gasteiger partial charge in [-0.25, -0.2) is 4.79 Å². The molecule has 0 radical (unpaired) electrons. The number of rotatable bonds is 3. The Bertz CT molecular complexity index is 1170. The van der Waals surface area contributed by atoms with E-state index < -0.39 is 46.7 Å². The van der Waals surface area contributed by atoms with E-state index in [4.69, 9.17) is 23.7 Å². The molecule has 0 aromatic rings. The van der Waals surface area contributed by atoms with Crippen LogP contribution < -0.4 is 0 Å². The van der Waals surface area contributed by atoms with Crippen molar-refractivity contribution in [3.8, 4) is 0 Å². The van der Waals surface area contributed by atoms with Crippen LogP contribution >= 0.6 is 0 Å². The zero-order valence-electron chi connectivity index (χ0n) is 24.1. The maximum Gasteiger partial charge on any atom is 0.331 e. The number of fused-ring (bicyclic) bond motifs is 7. The van der Waals surface area contributed by atoms with Gasteiger partial charge in [-0.05, 0) is 87.5 Å². The zero-order chi connectivity index (χ0) is 28.9. The van der Waals surface area contributed by atoms with Crippen LogP contribution in [0.2, 0.25) is 0 Å². The Balaban J connectivity index is 1.17. The fraction of sp³-hybridized carbons (Fsp3) is 0.839. The van der Waals surface area contributed by atoms with Gasteiger partial charge in [0.2, 0.25) is 6.29 Å². The minimum Gasteiger partial charge on any atom is -0.458 e. The molecule has 10 nitrogen and oxygen atoms in total. The number of aldehydes is 1. The third-order valence-electron chi connectivity index (χ3n) is 12.4. The van der Waals surface area contributed by atoms with Gasteiger partial charge >= 0.3 is 11.9 Å². The average Bonchev–Trinajstić information content (AvgIpc) is 3.46. The molecular formula is C31H42O10.